The molecule has 0 fully saturated rings. The summed E-state index contributed by atoms with van der Waals surface area (Å²) >= 11 is 0. The highest BCUT2D eigenvalue weighted by molar-refractivity contribution is 6.20. The summed E-state index contributed by atoms with van der Waals surface area (Å²) in [5, 5.41) is 0.423. The Kier molecular flexibility index (Phi) is 3.53. The first-order valence-electron chi connectivity index (χ1n) is 6.83. The summed E-state index contributed by atoms with van der Waals surface area (Å²) in [4.78, 5) is 52.6. The number of benzene rings is 1. The van der Waals surface area contributed by atoms with Crippen molar-refractivity contribution in [3.05, 3.63) is 69.6 Å². The molecule has 2 aromatic rings. The zero-order valence-corrected chi connectivity index (χ0v) is 12.2. The molecule has 0 spiro atoms. The molecule has 116 valence electrons. The smallest absolute Gasteiger partial charge is 0.328 e. The van der Waals surface area contributed by atoms with E-state index in [-0.39, 0.29) is 16.7 Å². The second-order valence-corrected chi connectivity index (χ2v) is 5.08. The molecule has 1 aromatic heterocycles. The van der Waals surface area contributed by atoms with Crippen LogP contribution in [0.1, 0.15) is 26.3 Å². The lowest BCUT2D eigenvalue weighted by Gasteiger charge is -2.13. The molecule has 7 nitrogen and oxygen atoms in total. The number of aromatic nitrogens is 1. The Hall–Kier alpha value is -3.22. The molecule has 0 bridgehead atoms. The van der Waals surface area contributed by atoms with Crippen molar-refractivity contribution in [1.82, 2.24) is 9.63 Å². The van der Waals surface area contributed by atoms with Gasteiger partial charge >= 0.3 is 5.97 Å². The number of imide groups is 1. The number of hydrogen-bond donors (Lipinski definition) is 0. The van der Waals surface area contributed by atoms with E-state index in [9.17, 15) is 19.2 Å². The van der Waals surface area contributed by atoms with Gasteiger partial charge in [0.1, 0.15) is 6.54 Å². The zero-order valence-electron chi connectivity index (χ0n) is 12.2. The molecule has 0 N–H and O–H groups in total. The van der Waals surface area contributed by atoms with Gasteiger partial charge in [0.15, 0.2) is 0 Å². The van der Waals surface area contributed by atoms with Crippen LogP contribution >= 0.6 is 0 Å². The second-order valence-electron chi connectivity index (χ2n) is 5.08. The zero-order chi connectivity index (χ0) is 16.6. The average Bonchev–Trinajstić information content (AvgIpc) is 2.76. The van der Waals surface area contributed by atoms with E-state index in [4.69, 9.17) is 4.84 Å². The number of carbonyl (C=O) groups is 3. The van der Waals surface area contributed by atoms with E-state index in [0.29, 0.717) is 5.06 Å². The third-order valence-corrected chi connectivity index (χ3v) is 3.40. The van der Waals surface area contributed by atoms with Gasteiger partial charge in [0.2, 0.25) is 0 Å². The Bertz CT molecular complexity index is 849. The van der Waals surface area contributed by atoms with Crippen LogP contribution in [-0.2, 0) is 16.2 Å². The van der Waals surface area contributed by atoms with Crippen LogP contribution in [0.5, 0.6) is 0 Å². The lowest BCUT2D eigenvalue weighted by molar-refractivity contribution is -0.169. The van der Waals surface area contributed by atoms with Crippen molar-refractivity contribution in [3.63, 3.8) is 0 Å². The van der Waals surface area contributed by atoms with Gasteiger partial charge in [0.25, 0.3) is 17.4 Å². The van der Waals surface area contributed by atoms with E-state index in [1.807, 2.05) is 0 Å². The maximum Gasteiger partial charge on any atom is 0.352 e. The summed E-state index contributed by atoms with van der Waals surface area (Å²) in [5.74, 6) is -2.28. The SMILES string of the molecule is Cc1ccn(CC(=O)ON2C(=O)c3ccccc3C2=O)c(=O)c1. The highest BCUT2D eigenvalue weighted by Gasteiger charge is 2.38. The molecule has 0 saturated heterocycles. The lowest BCUT2D eigenvalue weighted by atomic mass is 10.1. The minimum absolute atomic E-state index is 0.179. The molecule has 2 heterocycles. The normalized spacial score (nSPS) is 13.2. The molecule has 1 aliphatic rings. The molecule has 7 heteroatoms. The first-order valence-corrected chi connectivity index (χ1v) is 6.83. The third kappa shape index (κ3) is 2.64. The Morgan fingerprint density at radius 2 is 1.65 bits per heavy atom. The minimum Gasteiger partial charge on any atom is -0.328 e. The predicted octanol–water partition coefficient (Wildman–Crippen LogP) is 0.911. The van der Waals surface area contributed by atoms with Gasteiger partial charge in [-0.15, -0.1) is 0 Å². The summed E-state index contributed by atoms with van der Waals surface area (Å²) in [7, 11) is 0. The summed E-state index contributed by atoms with van der Waals surface area (Å²) in [5.41, 5.74) is 0.750. The molecule has 0 atom stereocenters. The molecule has 2 amide bonds. The van der Waals surface area contributed by atoms with Crippen molar-refractivity contribution in [1.29, 1.82) is 0 Å². The van der Waals surface area contributed by atoms with E-state index in [2.05, 4.69) is 0 Å². The lowest BCUT2D eigenvalue weighted by Crippen LogP contribution is -2.35. The van der Waals surface area contributed by atoms with E-state index in [1.54, 1.807) is 25.1 Å². The number of fused-ring (bicyclic) bond motifs is 1. The number of hydrogen-bond acceptors (Lipinski definition) is 5. The van der Waals surface area contributed by atoms with E-state index in [0.717, 1.165) is 10.1 Å². The van der Waals surface area contributed by atoms with E-state index in [1.165, 1.54) is 24.4 Å². The minimum atomic E-state index is -0.884. The van der Waals surface area contributed by atoms with Crippen LogP contribution in [-0.4, -0.2) is 27.4 Å². The van der Waals surface area contributed by atoms with Gasteiger partial charge in [-0.2, -0.15) is 0 Å². The van der Waals surface area contributed by atoms with Crippen LogP contribution in [0.4, 0.5) is 0 Å². The fourth-order valence-corrected chi connectivity index (χ4v) is 2.26. The number of hydroxylamine groups is 2. The second kappa shape index (κ2) is 5.53. The molecule has 1 aliphatic heterocycles. The van der Waals surface area contributed by atoms with Crippen LogP contribution < -0.4 is 5.56 Å². The highest BCUT2D eigenvalue weighted by Crippen LogP contribution is 2.22. The van der Waals surface area contributed by atoms with Crippen molar-refractivity contribution in [2.24, 2.45) is 0 Å². The molecule has 23 heavy (non-hydrogen) atoms. The maximum absolute atomic E-state index is 12.1. The molecular weight excluding hydrogens is 300 g/mol. The Morgan fingerprint density at radius 3 is 2.22 bits per heavy atom. The van der Waals surface area contributed by atoms with Gasteiger partial charge in [-0.05, 0) is 30.7 Å². The van der Waals surface area contributed by atoms with Crippen molar-refractivity contribution >= 4 is 17.8 Å². The number of aryl methyl sites for hydroxylation is 1. The molecule has 0 unspecified atom stereocenters. The summed E-state index contributed by atoms with van der Waals surface area (Å²) < 4.78 is 1.13. The van der Waals surface area contributed by atoms with Crippen LogP contribution in [0.3, 0.4) is 0 Å². The van der Waals surface area contributed by atoms with Crippen LogP contribution in [0.15, 0.2) is 47.4 Å². The number of rotatable bonds is 3. The molecule has 0 aliphatic carbocycles. The first kappa shape index (κ1) is 14.7. The number of pyridine rings is 1. The standard InChI is InChI=1S/C16H12N2O5/c1-10-6-7-17(13(19)8-10)9-14(20)23-18-15(21)11-4-2-3-5-12(11)16(18)22/h2-8H,9H2,1H3. The fraction of sp³-hybridized carbons (Fsp3) is 0.125. The number of amides is 2. The van der Waals surface area contributed by atoms with Crippen LogP contribution in [0.25, 0.3) is 0 Å². The largest absolute Gasteiger partial charge is 0.352 e. The third-order valence-electron chi connectivity index (χ3n) is 3.40. The van der Waals surface area contributed by atoms with Crippen molar-refractivity contribution < 1.29 is 19.2 Å². The van der Waals surface area contributed by atoms with Crippen LogP contribution in [0, 0.1) is 6.92 Å². The highest BCUT2D eigenvalue weighted by atomic mass is 16.7. The monoisotopic (exact) mass is 312 g/mol. The van der Waals surface area contributed by atoms with Gasteiger partial charge in [-0.1, -0.05) is 17.2 Å². The number of carbonyl (C=O) groups excluding carboxylic acids is 3. The average molecular weight is 312 g/mol. The van der Waals surface area contributed by atoms with Crippen molar-refractivity contribution in [2.45, 2.75) is 13.5 Å². The van der Waals surface area contributed by atoms with Gasteiger partial charge in [-0.3, -0.25) is 14.4 Å². The molecule has 3 rings (SSSR count). The Morgan fingerprint density at radius 1 is 1.04 bits per heavy atom. The van der Waals surface area contributed by atoms with E-state index >= 15 is 0 Å². The summed E-state index contributed by atoms with van der Waals surface area (Å²) in [6.07, 6.45) is 1.45. The van der Waals surface area contributed by atoms with Gasteiger partial charge < -0.3 is 9.40 Å². The first-order chi connectivity index (χ1) is 11.0. The van der Waals surface area contributed by atoms with E-state index < -0.39 is 24.3 Å². The van der Waals surface area contributed by atoms with Crippen molar-refractivity contribution in [2.75, 3.05) is 0 Å². The van der Waals surface area contributed by atoms with Crippen molar-refractivity contribution in [3.8, 4) is 0 Å². The maximum atomic E-state index is 12.1. The topological polar surface area (TPSA) is 85.7 Å². The van der Waals surface area contributed by atoms with Gasteiger partial charge in [0, 0.05) is 12.3 Å². The Balaban J connectivity index is 1.75. The Labute approximate surface area is 130 Å². The molecule has 1 aromatic carbocycles. The predicted molar refractivity (Wildman–Crippen MR) is 78.5 cm³/mol. The number of nitrogens with zero attached hydrogens (tertiary/aromatic N) is 2. The molecule has 0 saturated carbocycles. The summed E-state index contributed by atoms with van der Waals surface area (Å²) in [6, 6.07) is 9.22. The van der Waals surface area contributed by atoms with Gasteiger partial charge in [0.05, 0.1) is 11.1 Å². The summed E-state index contributed by atoms with van der Waals surface area (Å²) in [6.45, 7) is 1.36. The quantitative estimate of drug-likeness (QED) is 0.786. The molecular formula is C16H12N2O5. The van der Waals surface area contributed by atoms with Crippen LogP contribution in [0.2, 0.25) is 0 Å². The fourth-order valence-electron chi connectivity index (χ4n) is 2.26. The van der Waals surface area contributed by atoms with Gasteiger partial charge in [-0.25, -0.2) is 4.79 Å². The molecule has 0 radical (unpaired) electrons.